The fourth-order valence-corrected chi connectivity index (χ4v) is 3.41. The van der Waals surface area contributed by atoms with Crippen molar-refractivity contribution in [3.05, 3.63) is 70.6 Å². The van der Waals surface area contributed by atoms with Gasteiger partial charge in [0.2, 0.25) is 5.91 Å². The van der Waals surface area contributed by atoms with Crippen molar-refractivity contribution in [2.45, 2.75) is 19.0 Å². The monoisotopic (exact) mass is 497 g/mol. The van der Waals surface area contributed by atoms with E-state index in [-0.39, 0.29) is 53.5 Å². The number of aryl methyl sites for hydroxylation is 1. The molecule has 0 bridgehead atoms. The van der Waals surface area contributed by atoms with Crippen molar-refractivity contribution >= 4 is 40.2 Å². The van der Waals surface area contributed by atoms with Gasteiger partial charge in [-0.15, -0.1) is 0 Å². The number of ether oxygens (including phenoxy) is 1. The second-order valence-electron chi connectivity index (χ2n) is 7.36. The summed E-state index contributed by atoms with van der Waals surface area (Å²) in [6, 6.07) is 11.4. The van der Waals surface area contributed by atoms with Crippen LogP contribution in [0.4, 0.5) is 28.2 Å². The zero-order valence-electron chi connectivity index (χ0n) is 18.0. The molecule has 1 N–H and O–H groups in total. The minimum absolute atomic E-state index is 0.0334. The maximum Gasteiger partial charge on any atom is 0.434 e. The quantitative estimate of drug-likeness (QED) is 0.426. The van der Waals surface area contributed by atoms with Crippen LogP contribution in [0, 0.1) is 5.82 Å². The van der Waals surface area contributed by atoms with Crippen molar-refractivity contribution in [3.63, 3.8) is 0 Å². The van der Waals surface area contributed by atoms with Crippen LogP contribution in [0.3, 0.4) is 0 Å². The average molecular weight is 498 g/mol. The second-order valence-corrected chi connectivity index (χ2v) is 7.74. The molecule has 6 nitrogen and oxygen atoms in total. The number of rotatable bonds is 7. The molecule has 1 heterocycles. The largest absolute Gasteiger partial charge is 0.447 e. The van der Waals surface area contributed by atoms with Crippen molar-refractivity contribution in [1.82, 2.24) is 9.88 Å². The summed E-state index contributed by atoms with van der Waals surface area (Å²) >= 11 is 5.88. The first kappa shape index (κ1) is 25.2. The number of hydrogen-bond acceptors (Lipinski definition) is 4. The molecule has 0 fully saturated rings. The topological polar surface area (TPSA) is 71.5 Å². The van der Waals surface area contributed by atoms with Crippen LogP contribution in [0.15, 0.2) is 48.5 Å². The number of fused-ring (bicyclic) bond motifs is 1. The molecular formula is C23H20ClF4N3O3. The van der Waals surface area contributed by atoms with Crippen molar-refractivity contribution < 1.29 is 31.9 Å². The van der Waals surface area contributed by atoms with Gasteiger partial charge in [0.25, 0.3) is 0 Å². The lowest BCUT2D eigenvalue weighted by atomic mass is 10.1. The molecule has 0 spiro atoms. The highest BCUT2D eigenvalue weighted by Gasteiger charge is 2.35. The maximum absolute atomic E-state index is 13.5. The van der Waals surface area contributed by atoms with Crippen LogP contribution in [0.5, 0.6) is 0 Å². The molecule has 11 heteroatoms. The van der Waals surface area contributed by atoms with Gasteiger partial charge in [-0.2, -0.15) is 13.2 Å². The Morgan fingerprint density at radius 2 is 1.88 bits per heavy atom. The van der Waals surface area contributed by atoms with E-state index in [1.807, 2.05) is 0 Å². The SMILES string of the molecule is CN(CCOC(=O)Nc1cc2ccccc2c(C(F)(F)F)n1)C(=O)CCc1cccc(F)c1Cl. The number of aromatic nitrogens is 1. The number of likely N-dealkylation sites (N-methyl/N-ethyl adjacent to an activating group) is 1. The van der Waals surface area contributed by atoms with E-state index in [1.54, 1.807) is 12.1 Å². The molecule has 0 aliphatic heterocycles. The number of hydrogen-bond donors (Lipinski definition) is 1. The first-order valence-corrected chi connectivity index (χ1v) is 10.5. The Hall–Kier alpha value is -3.40. The fraction of sp³-hybridized carbons (Fsp3) is 0.261. The Bertz CT molecular complexity index is 1200. The van der Waals surface area contributed by atoms with E-state index in [4.69, 9.17) is 16.3 Å². The van der Waals surface area contributed by atoms with Crippen LogP contribution in [-0.2, 0) is 22.1 Å². The Morgan fingerprint density at radius 3 is 2.62 bits per heavy atom. The highest BCUT2D eigenvalue weighted by molar-refractivity contribution is 6.31. The van der Waals surface area contributed by atoms with Gasteiger partial charge in [-0.25, -0.2) is 14.2 Å². The molecule has 0 aliphatic carbocycles. The van der Waals surface area contributed by atoms with E-state index in [0.717, 1.165) is 0 Å². The summed E-state index contributed by atoms with van der Waals surface area (Å²) in [5.74, 6) is -1.16. The Kier molecular flexibility index (Phi) is 7.93. The average Bonchev–Trinajstić information content (AvgIpc) is 2.78. The van der Waals surface area contributed by atoms with E-state index in [2.05, 4.69) is 10.3 Å². The number of anilines is 1. The minimum atomic E-state index is -4.71. The molecule has 0 saturated carbocycles. The predicted octanol–water partition coefficient (Wildman–Crippen LogP) is 5.69. The van der Waals surface area contributed by atoms with Gasteiger partial charge in [0, 0.05) is 18.9 Å². The fourth-order valence-electron chi connectivity index (χ4n) is 3.19. The van der Waals surface area contributed by atoms with Gasteiger partial charge in [-0.05, 0) is 29.5 Å². The van der Waals surface area contributed by atoms with E-state index in [1.165, 1.54) is 48.3 Å². The maximum atomic E-state index is 13.5. The van der Waals surface area contributed by atoms with Crippen molar-refractivity contribution in [3.8, 4) is 0 Å². The Labute approximate surface area is 197 Å². The molecule has 34 heavy (non-hydrogen) atoms. The van der Waals surface area contributed by atoms with E-state index in [0.29, 0.717) is 5.56 Å². The van der Waals surface area contributed by atoms with Gasteiger partial charge in [-0.1, -0.05) is 48.0 Å². The Balaban J connectivity index is 1.52. The smallest absolute Gasteiger partial charge is 0.434 e. The highest BCUT2D eigenvalue weighted by Crippen LogP contribution is 2.34. The van der Waals surface area contributed by atoms with Gasteiger partial charge in [0.15, 0.2) is 5.69 Å². The standard InChI is InChI=1S/C23H20ClF4N3O3/c1-31(19(32)10-9-14-6-4-8-17(25)20(14)24)11-12-34-22(33)30-18-13-15-5-2-3-7-16(15)21(29-18)23(26,27)28/h2-8,13H,9-12H2,1H3,(H,29,30,33). The predicted molar refractivity (Wildman–Crippen MR) is 119 cm³/mol. The van der Waals surface area contributed by atoms with Gasteiger partial charge < -0.3 is 9.64 Å². The van der Waals surface area contributed by atoms with Crippen LogP contribution in [-0.4, -0.2) is 42.1 Å². The lowest BCUT2D eigenvalue weighted by molar-refractivity contribution is -0.139. The number of carbonyl (C=O) groups excluding carboxylic acids is 2. The number of nitrogens with one attached hydrogen (secondary N) is 1. The third-order valence-corrected chi connectivity index (χ3v) is 5.39. The molecule has 2 aromatic carbocycles. The molecule has 0 aliphatic rings. The zero-order valence-corrected chi connectivity index (χ0v) is 18.7. The molecule has 0 atom stereocenters. The summed E-state index contributed by atoms with van der Waals surface area (Å²) in [6.07, 6.45) is -5.42. The van der Waals surface area contributed by atoms with Gasteiger partial charge in [0.05, 0.1) is 11.6 Å². The van der Waals surface area contributed by atoms with Crippen LogP contribution in [0.1, 0.15) is 17.7 Å². The summed E-state index contributed by atoms with van der Waals surface area (Å²) in [7, 11) is 1.50. The lowest BCUT2D eigenvalue weighted by Gasteiger charge is -2.17. The van der Waals surface area contributed by atoms with Crippen LogP contribution >= 0.6 is 11.6 Å². The molecule has 2 amide bonds. The molecular weight excluding hydrogens is 478 g/mol. The van der Waals surface area contributed by atoms with Crippen LogP contribution < -0.4 is 5.32 Å². The summed E-state index contributed by atoms with van der Waals surface area (Å²) in [6.45, 7) is -0.156. The van der Waals surface area contributed by atoms with Crippen LogP contribution in [0.25, 0.3) is 10.8 Å². The van der Waals surface area contributed by atoms with Crippen molar-refractivity contribution in [2.24, 2.45) is 0 Å². The number of pyridine rings is 1. The third-order valence-electron chi connectivity index (χ3n) is 4.96. The number of carbonyl (C=O) groups is 2. The lowest BCUT2D eigenvalue weighted by Crippen LogP contribution is -2.31. The van der Waals surface area contributed by atoms with E-state index < -0.39 is 23.8 Å². The summed E-state index contributed by atoms with van der Waals surface area (Å²) < 4.78 is 58.5. The third kappa shape index (κ3) is 6.34. The minimum Gasteiger partial charge on any atom is -0.447 e. The van der Waals surface area contributed by atoms with Crippen molar-refractivity contribution in [1.29, 1.82) is 0 Å². The summed E-state index contributed by atoms with van der Waals surface area (Å²) in [5.41, 5.74) is -0.621. The number of benzene rings is 2. The molecule has 180 valence electrons. The normalized spacial score (nSPS) is 11.4. The zero-order chi connectivity index (χ0) is 24.9. The number of nitrogens with zero attached hydrogens (tertiary/aromatic N) is 2. The first-order valence-electron chi connectivity index (χ1n) is 10.1. The number of alkyl halides is 3. The molecule has 0 saturated heterocycles. The molecule has 3 aromatic rings. The molecule has 1 aromatic heterocycles. The van der Waals surface area contributed by atoms with Gasteiger partial charge >= 0.3 is 12.3 Å². The Morgan fingerprint density at radius 1 is 1.15 bits per heavy atom. The second kappa shape index (κ2) is 10.7. The van der Waals surface area contributed by atoms with Crippen molar-refractivity contribution in [2.75, 3.05) is 25.5 Å². The number of amides is 2. The van der Waals surface area contributed by atoms with E-state index in [9.17, 15) is 27.2 Å². The van der Waals surface area contributed by atoms with Crippen LogP contribution in [0.2, 0.25) is 5.02 Å². The van der Waals surface area contributed by atoms with Gasteiger partial charge in [0.1, 0.15) is 18.2 Å². The molecule has 0 unspecified atom stereocenters. The summed E-state index contributed by atoms with van der Waals surface area (Å²) in [4.78, 5) is 29.1. The molecule has 0 radical (unpaired) electrons. The first-order chi connectivity index (χ1) is 16.1. The van der Waals surface area contributed by atoms with Gasteiger partial charge in [-0.3, -0.25) is 10.1 Å². The highest BCUT2D eigenvalue weighted by atomic mass is 35.5. The number of halogens is 5. The summed E-state index contributed by atoms with van der Waals surface area (Å²) in [5, 5.41) is 2.31. The molecule has 3 rings (SSSR count). The van der Waals surface area contributed by atoms with E-state index >= 15 is 0 Å².